The Hall–Kier alpha value is -1.00. The van der Waals surface area contributed by atoms with E-state index >= 15 is 0 Å². The van der Waals surface area contributed by atoms with Gasteiger partial charge in [-0.2, -0.15) is 9.78 Å². The highest BCUT2D eigenvalue weighted by molar-refractivity contribution is 5.12. The lowest BCUT2D eigenvalue weighted by Crippen LogP contribution is -2.21. The highest BCUT2D eigenvalue weighted by Crippen LogP contribution is 2.27. The van der Waals surface area contributed by atoms with E-state index in [2.05, 4.69) is 5.10 Å². The molecule has 0 aromatic carbocycles. The first-order valence-corrected chi connectivity index (χ1v) is 3.96. The van der Waals surface area contributed by atoms with Crippen LogP contribution in [0.15, 0.2) is 6.07 Å². The summed E-state index contributed by atoms with van der Waals surface area (Å²) in [6, 6.07) is 1.46. The van der Waals surface area contributed by atoms with Gasteiger partial charge in [-0.25, -0.2) is 0 Å². The predicted octanol–water partition coefficient (Wildman–Crippen LogP) is 2.79. The van der Waals surface area contributed by atoms with Crippen LogP contribution in [0.3, 0.4) is 0 Å². The third-order valence-electron chi connectivity index (χ3n) is 1.69. The lowest BCUT2D eigenvalue weighted by molar-refractivity contribution is -0.214. The van der Waals surface area contributed by atoms with E-state index in [4.69, 9.17) is 0 Å². The largest absolute Gasteiger partial charge is 0.504 e. The van der Waals surface area contributed by atoms with Gasteiger partial charge in [0.25, 0.3) is 0 Å². The van der Waals surface area contributed by atoms with Gasteiger partial charge in [-0.3, -0.25) is 0 Å². The van der Waals surface area contributed by atoms with Gasteiger partial charge in [0.1, 0.15) is 0 Å². The number of rotatable bonds is 1. The highest BCUT2D eigenvalue weighted by atomic mass is 19.4. The second-order valence-corrected chi connectivity index (χ2v) is 3.24. The summed E-state index contributed by atoms with van der Waals surface area (Å²) in [4.78, 5) is 0. The van der Waals surface area contributed by atoms with Gasteiger partial charge < -0.3 is 0 Å². The standard InChI is InChI=1S/C8H11F3N2/c1-5(2)7-4-6(3)12-13(7)8(9,10)11/h4-5H,1-3H3. The molecule has 0 bridgehead atoms. The van der Waals surface area contributed by atoms with Crippen molar-refractivity contribution in [3.63, 3.8) is 0 Å². The molecule has 5 heteroatoms. The van der Waals surface area contributed by atoms with Crippen LogP contribution in [0.2, 0.25) is 0 Å². The quantitative estimate of drug-likeness (QED) is 0.669. The first kappa shape index (κ1) is 10.1. The van der Waals surface area contributed by atoms with Gasteiger partial charge in [0.05, 0.1) is 11.4 Å². The molecule has 0 atom stereocenters. The van der Waals surface area contributed by atoms with Crippen LogP contribution in [0.5, 0.6) is 0 Å². The van der Waals surface area contributed by atoms with Crippen molar-refractivity contribution in [2.75, 3.05) is 0 Å². The fraction of sp³-hybridized carbons (Fsp3) is 0.625. The molecule has 0 N–H and O–H groups in total. The summed E-state index contributed by atoms with van der Waals surface area (Å²) in [6.07, 6.45) is -4.41. The lowest BCUT2D eigenvalue weighted by Gasteiger charge is -2.12. The zero-order valence-corrected chi connectivity index (χ0v) is 7.68. The fourth-order valence-corrected chi connectivity index (χ4v) is 1.13. The maximum absolute atomic E-state index is 12.3. The molecule has 0 aliphatic rings. The summed E-state index contributed by atoms with van der Waals surface area (Å²) < 4.78 is 37.1. The van der Waals surface area contributed by atoms with Crippen LogP contribution in [-0.2, 0) is 6.30 Å². The van der Waals surface area contributed by atoms with Crippen LogP contribution < -0.4 is 0 Å². The molecule has 1 aromatic heterocycles. The van der Waals surface area contributed by atoms with Crippen LogP contribution in [0.25, 0.3) is 0 Å². The SMILES string of the molecule is Cc1cc(C(C)C)n(C(F)(F)F)n1. The van der Waals surface area contributed by atoms with E-state index in [0.29, 0.717) is 5.69 Å². The van der Waals surface area contributed by atoms with Crippen molar-refractivity contribution in [1.82, 2.24) is 9.78 Å². The van der Waals surface area contributed by atoms with Crippen molar-refractivity contribution in [3.8, 4) is 0 Å². The Morgan fingerprint density at radius 1 is 1.38 bits per heavy atom. The number of alkyl halides is 3. The molecule has 0 unspecified atom stereocenters. The molecule has 0 radical (unpaired) electrons. The summed E-state index contributed by atoms with van der Waals surface area (Å²) in [5.41, 5.74) is 0.589. The third kappa shape index (κ3) is 2.02. The monoisotopic (exact) mass is 192 g/mol. The number of aryl methyl sites for hydroxylation is 1. The minimum Gasteiger partial charge on any atom is -0.175 e. The molecular formula is C8H11F3N2. The van der Waals surface area contributed by atoms with Gasteiger partial charge in [-0.05, 0) is 18.9 Å². The maximum Gasteiger partial charge on any atom is 0.504 e. The number of aromatic nitrogens is 2. The van der Waals surface area contributed by atoms with Crippen LogP contribution >= 0.6 is 0 Å². The molecule has 74 valence electrons. The van der Waals surface area contributed by atoms with Gasteiger partial charge >= 0.3 is 6.30 Å². The summed E-state index contributed by atoms with van der Waals surface area (Å²) in [6.45, 7) is 4.96. The van der Waals surface area contributed by atoms with Gasteiger partial charge in [0, 0.05) is 0 Å². The second kappa shape index (κ2) is 3.05. The summed E-state index contributed by atoms with van der Waals surface area (Å²) >= 11 is 0. The van der Waals surface area contributed by atoms with E-state index in [1.807, 2.05) is 0 Å². The van der Waals surface area contributed by atoms with E-state index in [1.165, 1.54) is 6.07 Å². The molecule has 1 aromatic rings. The number of hydrogen-bond donors (Lipinski definition) is 0. The molecule has 0 aliphatic heterocycles. The van der Waals surface area contributed by atoms with Crippen molar-refractivity contribution < 1.29 is 13.2 Å². The molecule has 0 amide bonds. The predicted molar refractivity (Wildman–Crippen MR) is 42.4 cm³/mol. The zero-order chi connectivity index (χ0) is 10.2. The minimum absolute atomic E-state index is 0.132. The van der Waals surface area contributed by atoms with Crippen LogP contribution in [0.1, 0.15) is 31.2 Å². The molecule has 0 fully saturated rings. The van der Waals surface area contributed by atoms with Crippen molar-refractivity contribution in [2.45, 2.75) is 33.0 Å². The molecule has 0 aliphatic carbocycles. The van der Waals surface area contributed by atoms with E-state index in [-0.39, 0.29) is 16.3 Å². The maximum atomic E-state index is 12.3. The Morgan fingerprint density at radius 3 is 2.23 bits per heavy atom. The molecule has 0 saturated heterocycles. The van der Waals surface area contributed by atoms with Crippen LogP contribution in [0, 0.1) is 6.92 Å². The Kier molecular flexibility index (Phi) is 2.36. The topological polar surface area (TPSA) is 17.8 Å². The van der Waals surface area contributed by atoms with E-state index in [1.54, 1.807) is 20.8 Å². The Bertz CT molecular complexity index is 299. The summed E-state index contributed by atoms with van der Waals surface area (Å²) in [5, 5.41) is 3.39. The number of hydrogen-bond acceptors (Lipinski definition) is 1. The van der Waals surface area contributed by atoms with Crippen LogP contribution in [-0.4, -0.2) is 9.78 Å². The summed E-state index contributed by atoms with van der Waals surface area (Å²) in [5.74, 6) is -0.178. The first-order valence-electron chi connectivity index (χ1n) is 3.96. The minimum atomic E-state index is -4.41. The van der Waals surface area contributed by atoms with Crippen LogP contribution in [0.4, 0.5) is 13.2 Å². The van der Waals surface area contributed by atoms with Gasteiger partial charge in [-0.15, -0.1) is 13.2 Å². The highest BCUT2D eigenvalue weighted by Gasteiger charge is 2.34. The average molecular weight is 192 g/mol. The number of halogens is 3. The normalized spacial score (nSPS) is 12.5. The Labute approximate surface area is 74.4 Å². The van der Waals surface area contributed by atoms with Crippen molar-refractivity contribution >= 4 is 0 Å². The van der Waals surface area contributed by atoms with Gasteiger partial charge in [0.2, 0.25) is 0 Å². The molecule has 0 saturated carbocycles. The van der Waals surface area contributed by atoms with Crippen molar-refractivity contribution in [1.29, 1.82) is 0 Å². The first-order chi connectivity index (χ1) is 5.82. The van der Waals surface area contributed by atoms with Gasteiger partial charge in [-0.1, -0.05) is 13.8 Å². The van der Waals surface area contributed by atoms with Gasteiger partial charge in [0.15, 0.2) is 0 Å². The van der Waals surface area contributed by atoms with E-state index < -0.39 is 6.30 Å². The molecular weight excluding hydrogens is 181 g/mol. The van der Waals surface area contributed by atoms with Crippen molar-refractivity contribution in [3.05, 3.63) is 17.5 Å². The third-order valence-corrected chi connectivity index (χ3v) is 1.69. The second-order valence-electron chi connectivity index (χ2n) is 3.24. The Morgan fingerprint density at radius 2 is 1.92 bits per heavy atom. The lowest BCUT2D eigenvalue weighted by atomic mass is 10.1. The van der Waals surface area contributed by atoms with E-state index in [9.17, 15) is 13.2 Å². The Balaban J connectivity index is 3.20. The molecule has 0 spiro atoms. The fourth-order valence-electron chi connectivity index (χ4n) is 1.13. The molecule has 1 heterocycles. The zero-order valence-electron chi connectivity index (χ0n) is 7.68. The summed E-state index contributed by atoms with van der Waals surface area (Å²) in [7, 11) is 0. The number of nitrogens with zero attached hydrogens (tertiary/aromatic N) is 2. The van der Waals surface area contributed by atoms with E-state index in [0.717, 1.165) is 0 Å². The van der Waals surface area contributed by atoms with Crippen molar-refractivity contribution in [2.24, 2.45) is 0 Å². The average Bonchev–Trinajstić information content (AvgIpc) is 2.29. The molecule has 13 heavy (non-hydrogen) atoms. The molecule has 2 nitrogen and oxygen atoms in total. The molecule has 1 rings (SSSR count). The smallest absolute Gasteiger partial charge is 0.175 e.